The van der Waals surface area contributed by atoms with Gasteiger partial charge in [0.1, 0.15) is 5.82 Å². The lowest BCUT2D eigenvalue weighted by atomic mass is 10.2. The maximum atomic E-state index is 11.4. The second-order valence-electron chi connectivity index (χ2n) is 4.82. The summed E-state index contributed by atoms with van der Waals surface area (Å²) in [5.41, 5.74) is 0.587. The van der Waals surface area contributed by atoms with Crippen LogP contribution in [0.2, 0.25) is 0 Å². The van der Waals surface area contributed by atoms with Gasteiger partial charge in [-0.3, -0.25) is 9.69 Å². The van der Waals surface area contributed by atoms with Gasteiger partial charge in [0.15, 0.2) is 0 Å². The summed E-state index contributed by atoms with van der Waals surface area (Å²) in [6, 6.07) is 4.25. The molecule has 2 rings (SSSR count). The molecule has 0 spiro atoms. The number of rotatable bonds is 5. The Morgan fingerprint density at radius 1 is 1.53 bits per heavy atom. The fourth-order valence-corrected chi connectivity index (χ4v) is 2.54. The molecule has 0 bridgehead atoms. The lowest BCUT2D eigenvalue weighted by Crippen LogP contribution is -2.34. The second-order valence-corrected chi connectivity index (χ2v) is 4.82. The van der Waals surface area contributed by atoms with E-state index in [-0.39, 0.29) is 5.91 Å². The van der Waals surface area contributed by atoms with Crippen molar-refractivity contribution in [2.45, 2.75) is 25.8 Å². The van der Waals surface area contributed by atoms with Crippen LogP contribution >= 0.6 is 0 Å². The molecule has 2 N–H and O–H groups in total. The molecule has 1 aliphatic rings. The Morgan fingerprint density at radius 3 is 3.00 bits per heavy atom. The van der Waals surface area contributed by atoms with Crippen molar-refractivity contribution in [1.82, 2.24) is 15.2 Å². The van der Waals surface area contributed by atoms with Gasteiger partial charge < -0.3 is 10.6 Å². The molecule has 1 atom stereocenters. The minimum Gasteiger partial charge on any atom is -0.369 e. The standard InChI is InChI=1S/C14H22N4O/c1-3-18-8-4-5-12(18)10-17-13-7-6-11(9-16-13)14(19)15-2/h6-7,9,12H,3-5,8,10H2,1-2H3,(H,15,19)(H,16,17). The van der Waals surface area contributed by atoms with E-state index in [0.29, 0.717) is 11.6 Å². The molecule has 2 heterocycles. The van der Waals surface area contributed by atoms with Gasteiger partial charge in [0.25, 0.3) is 5.91 Å². The number of hydrogen-bond donors (Lipinski definition) is 2. The first-order valence-corrected chi connectivity index (χ1v) is 6.90. The van der Waals surface area contributed by atoms with Crippen LogP contribution < -0.4 is 10.6 Å². The summed E-state index contributed by atoms with van der Waals surface area (Å²) < 4.78 is 0. The first-order chi connectivity index (χ1) is 9.24. The average molecular weight is 262 g/mol. The van der Waals surface area contributed by atoms with E-state index in [1.807, 2.05) is 6.07 Å². The SMILES string of the molecule is CCN1CCCC1CNc1ccc(C(=O)NC)cn1. The number of nitrogens with zero attached hydrogens (tertiary/aromatic N) is 2. The van der Waals surface area contributed by atoms with Crippen LogP contribution in [0.25, 0.3) is 0 Å². The zero-order valence-electron chi connectivity index (χ0n) is 11.6. The van der Waals surface area contributed by atoms with Gasteiger partial charge in [-0.1, -0.05) is 6.92 Å². The highest BCUT2D eigenvalue weighted by Crippen LogP contribution is 2.17. The Balaban J connectivity index is 1.88. The Labute approximate surface area is 114 Å². The number of amides is 1. The number of likely N-dealkylation sites (N-methyl/N-ethyl adjacent to an activating group) is 1. The Bertz CT molecular complexity index is 418. The first-order valence-electron chi connectivity index (χ1n) is 6.90. The summed E-state index contributed by atoms with van der Waals surface area (Å²) in [5.74, 6) is 0.725. The molecule has 0 saturated carbocycles. The first kappa shape index (κ1) is 13.8. The molecular weight excluding hydrogens is 240 g/mol. The Morgan fingerprint density at radius 2 is 2.37 bits per heavy atom. The van der Waals surface area contributed by atoms with Crippen LogP contribution in [0, 0.1) is 0 Å². The van der Waals surface area contributed by atoms with E-state index in [0.717, 1.165) is 18.9 Å². The molecule has 0 aliphatic carbocycles. The van der Waals surface area contributed by atoms with Crippen LogP contribution in [0.4, 0.5) is 5.82 Å². The van der Waals surface area contributed by atoms with Crippen LogP contribution in [0.5, 0.6) is 0 Å². The largest absolute Gasteiger partial charge is 0.369 e. The smallest absolute Gasteiger partial charge is 0.252 e. The summed E-state index contributed by atoms with van der Waals surface area (Å²) in [7, 11) is 1.62. The molecular formula is C14H22N4O. The van der Waals surface area contributed by atoms with Crippen LogP contribution in [0.15, 0.2) is 18.3 Å². The van der Waals surface area contributed by atoms with E-state index in [2.05, 4.69) is 27.4 Å². The van der Waals surface area contributed by atoms with Crippen LogP contribution in [-0.4, -0.2) is 48.5 Å². The van der Waals surface area contributed by atoms with Crippen LogP contribution in [0.1, 0.15) is 30.1 Å². The van der Waals surface area contributed by atoms with E-state index < -0.39 is 0 Å². The second kappa shape index (κ2) is 6.52. The minimum absolute atomic E-state index is 0.105. The third-order valence-corrected chi connectivity index (χ3v) is 3.68. The van der Waals surface area contributed by atoms with Gasteiger partial charge in [-0.2, -0.15) is 0 Å². The van der Waals surface area contributed by atoms with Gasteiger partial charge in [0.05, 0.1) is 5.56 Å². The maximum Gasteiger partial charge on any atom is 0.252 e. The molecule has 19 heavy (non-hydrogen) atoms. The molecule has 1 fully saturated rings. The van der Waals surface area contributed by atoms with Gasteiger partial charge >= 0.3 is 0 Å². The molecule has 104 valence electrons. The van der Waals surface area contributed by atoms with Crippen molar-refractivity contribution in [1.29, 1.82) is 0 Å². The van der Waals surface area contributed by atoms with Crippen molar-refractivity contribution in [3.8, 4) is 0 Å². The van der Waals surface area contributed by atoms with Gasteiger partial charge in [-0.15, -0.1) is 0 Å². The van der Waals surface area contributed by atoms with E-state index in [4.69, 9.17) is 0 Å². The number of hydrogen-bond acceptors (Lipinski definition) is 4. The van der Waals surface area contributed by atoms with Gasteiger partial charge in [-0.05, 0) is 38.1 Å². The third kappa shape index (κ3) is 3.44. The predicted octanol–water partition coefficient (Wildman–Crippen LogP) is 1.34. The zero-order valence-corrected chi connectivity index (χ0v) is 11.6. The van der Waals surface area contributed by atoms with Gasteiger partial charge in [0.2, 0.25) is 0 Å². The summed E-state index contributed by atoms with van der Waals surface area (Å²) >= 11 is 0. The number of pyridine rings is 1. The fourth-order valence-electron chi connectivity index (χ4n) is 2.54. The number of carbonyl (C=O) groups is 1. The number of carbonyl (C=O) groups excluding carboxylic acids is 1. The molecule has 1 aromatic heterocycles. The van der Waals surface area contributed by atoms with Crippen molar-refractivity contribution in [3.63, 3.8) is 0 Å². The molecule has 0 aromatic carbocycles. The summed E-state index contributed by atoms with van der Waals surface area (Å²) in [6.07, 6.45) is 4.13. The molecule has 5 heteroatoms. The lowest BCUT2D eigenvalue weighted by molar-refractivity contribution is 0.0963. The number of aromatic nitrogens is 1. The molecule has 1 saturated heterocycles. The highest BCUT2D eigenvalue weighted by atomic mass is 16.1. The Kier molecular flexibility index (Phi) is 4.74. The zero-order chi connectivity index (χ0) is 13.7. The normalized spacial score (nSPS) is 19.4. The predicted molar refractivity (Wildman–Crippen MR) is 76.4 cm³/mol. The van der Waals surface area contributed by atoms with Gasteiger partial charge in [0, 0.05) is 25.8 Å². The number of likely N-dealkylation sites (tertiary alicyclic amines) is 1. The molecule has 1 unspecified atom stereocenters. The van der Waals surface area contributed by atoms with E-state index >= 15 is 0 Å². The molecule has 1 aromatic rings. The lowest BCUT2D eigenvalue weighted by Gasteiger charge is -2.23. The van der Waals surface area contributed by atoms with Gasteiger partial charge in [-0.25, -0.2) is 4.98 Å². The monoisotopic (exact) mass is 262 g/mol. The van der Waals surface area contributed by atoms with Crippen molar-refractivity contribution >= 4 is 11.7 Å². The van der Waals surface area contributed by atoms with Crippen LogP contribution in [-0.2, 0) is 0 Å². The van der Waals surface area contributed by atoms with Crippen molar-refractivity contribution < 1.29 is 4.79 Å². The summed E-state index contributed by atoms with van der Waals surface area (Å²) in [5, 5.41) is 5.94. The number of anilines is 1. The summed E-state index contributed by atoms with van der Waals surface area (Å²) in [4.78, 5) is 18.2. The van der Waals surface area contributed by atoms with Crippen LogP contribution in [0.3, 0.4) is 0 Å². The third-order valence-electron chi connectivity index (χ3n) is 3.68. The fraction of sp³-hybridized carbons (Fsp3) is 0.571. The van der Waals surface area contributed by atoms with E-state index in [1.165, 1.54) is 19.4 Å². The van der Waals surface area contributed by atoms with Crippen molar-refractivity contribution in [2.75, 3.05) is 32.0 Å². The molecule has 0 radical (unpaired) electrons. The highest BCUT2D eigenvalue weighted by molar-refractivity contribution is 5.93. The van der Waals surface area contributed by atoms with Crippen molar-refractivity contribution in [2.24, 2.45) is 0 Å². The van der Waals surface area contributed by atoms with E-state index in [1.54, 1.807) is 19.3 Å². The highest BCUT2D eigenvalue weighted by Gasteiger charge is 2.22. The molecule has 1 aliphatic heterocycles. The molecule has 1 amide bonds. The Hall–Kier alpha value is -1.62. The topological polar surface area (TPSA) is 57.3 Å². The molecule has 5 nitrogen and oxygen atoms in total. The van der Waals surface area contributed by atoms with Crippen molar-refractivity contribution in [3.05, 3.63) is 23.9 Å². The van der Waals surface area contributed by atoms with E-state index in [9.17, 15) is 4.79 Å². The quantitative estimate of drug-likeness (QED) is 0.840. The summed E-state index contributed by atoms with van der Waals surface area (Å²) in [6.45, 7) is 5.43. The minimum atomic E-state index is -0.105. The maximum absolute atomic E-state index is 11.4. The average Bonchev–Trinajstić information content (AvgIpc) is 2.92. The number of nitrogens with one attached hydrogen (secondary N) is 2.